The van der Waals surface area contributed by atoms with Crippen LogP contribution in [0.2, 0.25) is 0 Å². The maximum atomic E-state index is 13.0. The first-order valence-electron chi connectivity index (χ1n) is 12.2. The smallest absolute Gasteiger partial charge is 0.263 e. The summed E-state index contributed by atoms with van der Waals surface area (Å²) >= 11 is 1.52. The Morgan fingerprint density at radius 3 is 2.56 bits per heavy atom. The van der Waals surface area contributed by atoms with E-state index in [9.17, 15) is 4.79 Å². The Labute approximate surface area is 204 Å². The van der Waals surface area contributed by atoms with Crippen molar-refractivity contribution in [3.63, 3.8) is 0 Å². The summed E-state index contributed by atoms with van der Waals surface area (Å²) in [4.78, 5) is 31.9. The molecule has 1 aliphatic heterocycles. The molecule has 0 unspecified atom stereocenters. The van der Waals surface area contributed by atoms with Crippen LogP contribution < -0.4 is 15.5 Å². The van der Waals surface area contributed by atoms with Gasteiger partial charge in [0.25, 0.3) is 5.91 Å². The van der Waals surface area contributed by atoms with Gasteiger partial charge in [-0.25, -0.2) is 15.0 Å². The predicted octanol–water partition coefficient (Wildman–Crippen LogP) is 4.24. The molecule has 1 saturated heterocycles. The van der Waals surface area contributed by atoms with Crippen molar-refractivity contribution in [2.75, 3.05) is 50.5 Å². The lowest BCUT2D eigenvalue weighted by Crippen LogP contribution is -2.43. The maximum absolute atomic E-state index is 13.0. The number of pyridine rings is 1. The highest BCUT2D eigenvalue weighted by molar-refractivity contribution is 7.21. The topological polar surface area (TPSA) is 86.3 Å². The van der Waals surface area contributed by atoms with E-state index in [1.54, 1.807) is 4.90 Å². The third-order valence-corrected chi connectivity index (χ3v) is 8.08. The molecule has 8 nitrogen and oxygen atoms in total. The van der Waals surface area contributed by atoms with Gasteiger partial charge in [-0.2, -0.15) is 0 Å². The molecule has 3 aromatic heterocycles. The fourth-order valence-corrected chi connectivity index (χ4v) is 6.17. The number of fused-ring (bicyclic) bond motifs is 1. The van der Waals surface area contributed by atoms with Crippen molar-refractivity contribution >= 4 is 44.9 Å². The second kappa shape index (κ2) is 9.84. The minimum atomic E-state index is 0.0521. The molecule has 0 aromatic carbocycles. The van der Waals surface area contributed by atoms with E-state index in [-0.39, 0.29) is 5.91 Å². The second-order valence-electron chi connectivity index (χ2n) is 9.67. The Balaban J connectivity index is 1.43. The molecule has 0 radical (unpaired) electrons. The summed E-state index contributed by atoms with van der Waals surface area (Å²) < 4.78 is 0.964. The van der Waals surface area contributed by atoms with Crippen molar-refractivity contribution < 1.29 is 4.79 Å². The number of nitrogens with zero attached hydrogens (tertiary/aromatic N) is 5. The van der Waals surface area contributed by atoms with Crippen LogP contribution in [0.3, 0.4) is 0 Å². The maximum Gasteiger partial charge on any atom is 0.263 e. The van der Waals surface area contributed by atoms with Crippen LogP contribution in [0.25, 0.3) is 10.2 Å². The molecule has 180 valence electrons. The molecule has 1 amide bonds. The number of anilines is 3. The van der Waals surface area contributed by atoms with E-state index in [2.05, 4.69) is 38.5 Å². The van der Waals surface area contributed by atoms with Crippen molar-refractivity contribution in [1.29, 1.82) is 0 Å². The van der Waals surface area contributed by atoms with Gasteiger partial charge in [-0.3, -0.25) is 4.79 Å². The van der Waals surface area contributed by atoms with Crippen molar-refractivity contribution in [2.24, 2.45) is 5.92 Å². The first-order chi connectivity index (χ1) is 16.5. The van der Waals surface area contributed by atoms with E-state index < -0.39 is 0 Å². The third-order valence-electron chi connectivity index (χ3n) is 6.96. The van der Waals surface area contributed by atoms with E-state index in [1.807, 2.05) is 32.6 Å². The van der Waals surface area contributed by atoms with Gasteiger partial charge in [0.05, 0.1) is 33.2 Å². The molecule has 34 heavy (non-hydrogen) atoms. The minimum Gasteiger partial charge on any atom is -0.368 e. The van der Waals surface area contributed by atoms with E-state index in [4.69, 9.17) is 4.98 Å². The Kier molecular flexibility index (Phi) is 6.65. The Bertz CT molecular complexity index is 1150. The molecule has 0 bridgehead atoms. The summed E-state index contributed by atoms with van der Waals surface area (Å²) in [6, 6.07) is 4.06. The van der Waals surface area contributed by atoms with Crippen LogP contribution in [0.5, 0.6) is 0 Å². The molecule has 2 N–H and O–H groups in total. The largest absolute Gasteiger partial charge is 0.368 e. The van der Waals surface area contributed by atoms with Gasteiger partial charge >= 0.3 is 0 Å². The number of hydrogen-bond donors (Lipinski definition) is 2. The number of rotatable bonds is 5. The fourth-order valence-electron chi connectivity index (χ4n) is 4.95. The molecule has 1 aliphatic carbocycles. The number of piperazine rings is 1. The number of thiophene rings is 1. The molecule has 0 atom stereocenters. The number of hydrogen-bond acceptors (Lipinski definition) is 8. The van der Waals surface area contributed by atoms with Crippen LogP contribution >= 0.6 is 11.3 Å². The molecule has 9 heteroatoms. The lowest BCUT2D eigenvalue weighted by molar-refractivity contribution is 0.0830. The zero-order valence-electron chi connectivity index (χ0n) is 20.2. The second-order valence-corrected chi connectivity index (χ2v) is 10.7. The zero-order valence-corrected chi connectivity index (χ0v) is 21.0. The average Bonchev–Trinajstić information content (AvgIpc) is 3.23. The molecule has 0 spiro atoms. The minimum absolute atomic E-state index is 0.0521. The normalized spacial score (nSPS) is 21.0. The first kappa shape index (κ1) is 23.0. The summed E-state index contributed by atoms with van der Waals surface area (Å²) in [5.74, 6) is 2.39. The Morgan fingerprint density at radius 1 is 1.12 bits per heavy atom. The Morgan fingerprint density at radius 2 is 1.88 bits per heavy atom. The van der Waals surface area contributed by atoms with Gasteiger partial charge in [0, 0.05) is 45.8 Å². The molecule has 1 saturated carbocycles. The van der Waals surface area contributed by atoms with Crippen LogP contribution in [0, 0.1) is 5.92 Å². The van der Waals surface area contributed by atoms with Crippen molar-refractivity contribution in [3.8, 4) is 0 Å². The van der Waals surface area contributed by atoms with Gasteiger partial charge in [0.1, 0.15) is 5.82 Å². The molecular weight excluding hydrogens is 446 g/mol. The number of carbonyl (C=O) groups is 1. The average molecular weight is 480 g/mol. The van der Waals surface area contributed by atoms with Gasteiger partial charge in [-0.15, -0.1) is 11.3 Å². The molecule has 5 rings (SSSR count). The predicted molar refractivity (Wildman–Crippen MR) is 138 cm³/mol. The highest BCUT2D eigenvalue weighted by Crippen LogP contribution is 2.43. The van der Waals surface area contributed by atoms with Crippen LogP contribution in [0.4, 0.5) is 17.5 Å². The van der Waals surface area contributed by atoms with Crippen LogP contribution in [-0.2, 0) is 0 Å². The zero-order chi connectivity index (χ0) is 23.7. The SMILES string of the molecule is CN(C)C(=O)c1sc2cnc(Nc3ccc(N4CCNCC4)cn3)nc2c1[C@H]1CC[C@H](C)CC1. The van der Waals surface area contributed by atoms with Gasteiger partial charge in [0.2, 0.25) is 5.95 Å². The summed E-state index contributed by atoms with van der Waals surface area (Å²) in [6.07, 6.45) is 8.32. The van der Waals surface area contributed by atoms with Gasteiger partial charge in [-0.05, 0) is 36.8 Å². The number of carbonyl (C=O) groups excluding carboxylic acids is 1. The molecule has 2 aliphatic rings. The van der Waals surface area contributed by atoms with Crippen molar-refractivity contribution in [2.45, 2.75) is 38.5 Å². The van der Waals surface area contributed by atoms with E-state index in [1.165, 1.54) is 24.2 Å². The molecule has 2 fully saturated rings. The molecular formula is C25H33N7OS. The highest BCUT2D eigenvalue weighted by Gasteiger charge is 2.29. The van der Waals surface area contributed by atoms with Gasteiger partial charge in [0.15, 0.2) is 0 Å². The summed E-state index contributed by atoms with van der Waals surface area (Å²) in [5, 5.41) is 6.64. The van der Waals surface area contributed by atoms with Crippen molar-refractivity contribution in [1.82, 2.24) is 25.2 Å². The van der Waals surface area contributed by atoms with Gasteiger partial charge < -0.3 is 20.4 Å². The summed E-state index contributed by atoms with van der Waals surface area (Å²) in [6.45, 7) is 6.29. The van der Waals surface area contributed by atoms with E-state index in [0.29, 0.717) is 17.7 Å². The Hall–Kier alpha value is -2.78. The quantitative estimate of drug-likeness (QED) is 0.566. The number of aromatic nitrogens is 3. The lowest BCUT2D eigenvalue weighted by Gasteiger charge is -2.29. The van der Waals surface area contributed by atoms with Crippen LogP contribution in [0.15, 0.2) is 24.5 Å². The van der Waals surface area contributed by atoms with E-state index >= 15 is 0 Å². The molecule has 4 heterocycles. The molecule has 3 aromatic rings. The first-order valence-corrected chi connectivity index (χ1v) is 13.0. The standard InChI is InChI=1S/C25H33N7OS/c1-16-4-6-17(7-5-16)21-22-19(34-23(21)24(33)31(2)3)15-28-25(30-22)29-20-9-8-18(14-27-20)32-12-10-26-11-13-32/h8-9,14-17,26H,4-7,10-13H2,1-3H3,(H,27,28,29,30)/t16-,17-. The van der Waals surface area contributed by atoms with Gasteiger partial charge in [-0.1, -0.05) is 19.8 Å². The summed E-state index contributed by atoms with van der Waals surface area (Å²) in [7, 11) is 3.63. The van der Waals surface area contributed by atoms with Crippen LogP contribution in [0.1, 0.15) is 53.8 Å². The summed E-state index contributed by atoms with van der Waals surface area (Å²) in [5.41, 5.74) is 3.14. The number of amides is 1. The fraction of sp³-hybridized carbons (Fsp3) is 0.520. The van der Waals surface area contributed by atoms with Crippen molar-refractivity contribution in [3.05, 3.63) is 35.0 Å². The monoisotopic (exact) mass is 479 g/mol. The van der Waals surface area contributed by atoms with E-state index in [0.717, 1.165) is 71.3 Å². The number of nitrogens with one attached hydrogen (secondary N) is 2. The highest BCUT2D eigenvalue weighted by atomic mass is 32.1. The third kappa shape index (κ3) is 4.72. The lowest BCUT2D eigenvalue weighted by atomic mass is 9.79. The van der Waals surface area contributed by atoms with Crippen LogP contribution in [-0.4, -0.2) is 66.0 Å².